The highest BCUT2D eigenvalue weighted by molar-refractivity contribution is 7.20. The topological polar surface area (TPSA) is 83.6 Å². The van der Waals surface area contributed by atoms with E-state index in [1.807, 2.05) is 12.1 Å². The van der Waals surface area contributed by atoms with Gasteiger partial charge in [0.1, 0.15) is 0 Å². The Hall–Kier alpha value is -2.03. The van der Waals surface area contributed by atoms with Gasteiger partial charge < -0.3 is 20.3 Å². The molecule has 2 saturated heterocycles. The fourth-order valence-electron chi connectivity index (χ4n) is 5.01. The summed E-state index contributed by atoms with van der Waals surface area (Å²) in [6.45, 7) is 4.10. The number of thiophene rings is 1. The van der Waals surface area contributed by atoms with Crippen LogP contribution in [0.25, 0.3) is 10.1 Å². The summed E-state index contributed by atoms with van der Waals surface area (Å²) in [5.74, 6) is 1.50. The Morgan fingerprint density at radius 3 is 2.79 bits per heavy atom. The summed E-state index contributed by atoms with van der Waals surface area (Å²) in [5, 5.41) is 7.55. The molecule has 2 aromatic rings. The van der Waals surface area contributed by atoms with Crippen LogP contribution in [0.5, 0.6) is 0 Å². The summed E-state index contributed by atoms with van der Waals surface area (Å²) in [7, 11) is 1.74. The minimum absolute atomic E-state index is 0.00730. The number of carbonyl (C=O) groups is 2. The number of rotatable bonds is 9. The SMILES string of the molecule is COCC1CCC(C(=O)N2CCC(CCCCNC(=O)c3cc4ccncc4s3)CC2)NC1. The number of aromatic nitrogens is 1. The van der Waals surface area contributed by atoms with Crippen molar-refractivity contribution in [3.8, 4) is 0 Å². The molecule has 0 spiro atoms. The first-order valence-electron chi connectivity index (χ1n) is 12.3. The quantitative estimate of drug-likeness (QED) is 0.546. The molecule has 7 nitrogen and oxygen atoms in total. The third kappa shape index (κ3) is 6.52. The molecular formula is C25H36N4O3S. The third-order valence-electron chi connectivity index (χ3n) is 7.01. The van der Waals surface area contributed by atoms with Crippen molar-refractivity contribution in [2.75, 3.05) is 39.9 Å². The Kier molecular flexibility index (Phi) is 8.69. The van der Waals surface area contributed by atoms with Gasteiger partial charge in [-0.15, -0.1) is 11.3 Å². The Bertz CT molecular complexity index is 884. The number of hydrogen-bond acceptors (Lipinski definition) is 6. The van der Waals surface area contributed by atoms with Crippen LogP contribution in [0.4, 0.5) is 0 Å². The molecule has 0 aliphatic carbocycles. The molecule has 0 bridgehead atoms. The number of hydrogen-bond donors (Lipinski definition) is 2. The monoisotopic (exact) mass is 472 g/mol. The van der Waals surface area contributed by atoms with E-state index < -0.39 is 0 Å². The number of likely N-dealkylation sites (tertiary alicyclic amines) is 1. The fraction of sp³-hybridized carbons (Fsp3) is 0.640. The molecule has 2 amide bonds. The molecule has 2 N–H and O–H groups in total. The summed E-state index contributed by atoms with van der Waals surface area (Å²) < 4.78 is 6.28. The van der Waals surface area contributed by atoms with E-state index in [0.29, 0.717) is 18.4 Å². The van der Waals surface area contributed by atoms with Gasteiger partial charge in [-0.3, -0.25) is 14.6 Å². The van der Waals surface area contributed by atoms with Crippen molar-refractivity contribution in [3.63, 3.8) is 0 Å². The second-order valence-corrected chi connectivity index (χ2v) is 10.5. The van der Waals surface area contributed by atoms with Gasteiger partial charge in [0.15, 0.2) is 0 Å². The summed E-state index contributed by atoms with van der Waals surface area (Å²) >= 11 is 1.49. The maximum absolute atomic E-state index is 12.9. The largest absolute Gasteiger partial charge is 0.384 e. The number of nitrogens with zero attached hydrogens (tertiary/aromatic N) is 2. The normalized spacial score (nSPS) is 21.9. The Balaban J connectivity index is 1.09. The van der Waals surface area contributed by atoms with Crippen molar-refractivity contribution in [3.05, 3.63) is 29.4 Å². The van der Waals surface area contributed by atoms with Crippen LogP contribution in [-0.4, -0.2) is 67.6 Å². The van der Waals surface area contributed by atoms with Crippen LogP contribution in [-0.2, 0) is 9.53 Å². The molecule has 2 unspecified atom stereocenters. The number of methoxy groups -OCH3 is 1. The van der Waals surface area contributed by atoms with E-state index in [4.69, 9.17) is 4.74 Å². The van der Waals surface area contributed by atoms with Crippen molar-refractivity contribution in [1.82, 2.24) is 20.5 Å². The van der Waals surface area contributed by atoms with Crippen molar-refractivity contribution in [1.29, 1.82) is 0 Å². The van der Waals surface area contributed by atoms with Crippen LogP contribution in [0.3, 0.4) is 0 Å². The van der Waals surface area contributed by atoms with E-state index in [-0.39, 0.29) is 17.9 Å². The van der Waals surface area contributed by atoms with Crippen molar-refractivity contribution < 1.29 is 14.3 Å². The van der Waals surface area contributed by atoms with Crippen LogP contribution >= 0.6 is 11.3 Å². The van der Waals surface area contributed by atoms with E-state index in [0.717, 1.165) is 79.7 Å². The second-order valence-electron chi connectivity index (χ2n) is 9.40. The van der Waals surface area contributed by atoms with Gasteiger partial charge >= 0.3 is 0 Å². The number of pyridine rings is 1. The average molecular weight is 473 g/mol. The van der Waals surface area contributed by atoms with E-state index in [2.05, 4.69) is 20.5 Å². The van der Waals surface area contributed by atoms with E-state index >= 15 is 0 Å². The molecule has 2 aliphatic rings. The number of piperidine rings is 2. The van der Waals surface area contributed by atoms with Gasteiger partial charge in [0.25, 0.3) is 5.91 Å². The summed E-state index contributed by atoms with van der Waals surface area (Å²) in [6, 6.07) is 3.86. The molecule has 4 heterocycles. The number of fused-ring (bicyclic) bond motifs is 1. The van der Waals surface area contributed by atoms with Gasteiger partial charge in [-0.2, -0.15) is 0 Å². The molecule has 0 saturated carbocycles. The molecule has 4 rings (SSSR count). The molecule has 33 heavy (non-hydrogen) atoms. The zero-order valence-corrected chi connectivity index (χ0v) is 20.4. The van der Waals surface area contributed by atoms with Gasteiger partial charge in [0, 0.05) is 45.7 Å². The summed E-state index contributed by atoms with van der Waals surface area (Å²) in [4.78, 5) is 32.2. The van der Waals surface area contributed by atoms with E-state index in [1.165, 1.54) is 17.8 Å². The maximum atomic E-state index is 12.9. The van der Waals surface area contributed by atoms with Crippen LogP contribution < -0.4 is 10.6 Å². The van der Waals surface area contributed by atoms with Gasteiger partial charge in [-0.25, -0.2) is 0 Å². The van der Waals surface area contributed by atoms with Crippen LogP contribution in [0.15, 0.2) is 24.5 Å². The second kappa shape index (κ2) is 11.9. The fourth-order valence-corrected chi connectivity index (χ4v) is 5.96. The zero-order valence-electron chi connectivity index (χ0n) is 19.6. The predicted molar refractivity (Wildman–Crippen MR) is 131 cm³/mol. The van der Waals surface area contributed by atoms with Crippen molar-refractivity contribution >= 4 is 33.2 Å². The zero-order chi connectivity index (χ0) is 23.0. The molecule has 2 fully saturated rings. The van der Waals surface area contributed by atoms with E-state index in [9.17, 15) is 9.59 Å². The molecule has 2 aromatic heterocycles. The lowest BCUT2D eigenvalue weighted by molar-refractivity contribution is -0.135. The Labute approximate surface area is 200 Å². The molecule has 0 aromatic carbocycles. The van der Waals surface area contributed by atoms with Crippen LogP contribution in [0, 0.1) is 11.8 Å². The number of nitrogens with one attached hydrogen (secondary N) is 2. The van der Waals surface area contributed by atoms with E-state index in [1.54, 1.807) is 19.5 Å². The molecular weight excluding hydrogens is 436 g/mol. The highest BCUT2D eigenvalue weighted by Crippen LogP contribution is 2.25. The number of carbonyl (C=O) groups excluding carboxylic acids is 2. The predicted octanol–water partition coefficient (Wildman–Crippen LogP) is 3.45. The number of amides is 2. The van der Waals surface area contributed by atoms with Crippen LogP contribution in [0.1, 0.15) is 54.6 Å². The van der Waals surface area contributed by atoms with Gasteiger partial charge in [0.2, 0.25) is 5.91 Å². The highest BCUT2D eigenvalue weighted by atomic mass is 32.1. The van der Waals surface area contributed by atoms with Crippen LogP contribution in [0.2, 0.25) is 0 Å². The summed E-state index contributed by atoms with van der Waals surface area (Å²) in [5.41, 5.74) is 0. The Morgan fingerprint density at radius 1 is 1.21 bits per heavy atom. The average Bonchev–Trinajstić information content (AvgIpc) is 3.29. The minimum atomic E-state index is -0.0181. The first-order valence-corrected chi connectivity index (χ1v) is 13.1. The van der Waals surface area contributed by atoms with Crippen molar-refractivity contribution in [2.45, 2.75) is 51.0 Å². The van der Waals surface area contributed by atoms with Crippen molar-refractivity contribution in [2.24, 2.45) is 11.8 Å². The molecule has 2 atom stereocenters. The van der Waals surface area contributed by atoms with Gasteiger partial charge in [-0.05, 0) is 61.5 Å². The molecule has 0 radical (unpaired) electrons. The molecule has 180 valence electrons. The standard InChI is InChI=1S/C25H36N4O3S/c1-32-17-19-5-6-21(28-15-19)25(31)29-12-8-18(9-13-29)4-2-3-10-27-24(30)22-14-20-7-11-26-16-23(20)33-22/h7,11,14,16,18-19,21,28H,2-6,8-10,12-13,15,17H2,1H3,(H,27,30). The smallest absolute Gasteiger partial charge is 0.261 e. The number of ether oxygens (including phenoxy) is 1. The highest BCUT2D eigenvalue weighted by Gasteiger charge is 2.31. The lowest BCUT2D eigenvalue weighted by Gasteiger charge is -2.36. The summed E-state index contributed by atoms with van der Waals surface area (Å²) in [6.07, 6.45) is 11.0. The maximum Gasteiger partial charge on any atom is 0.261 e. The minimum Gasteiger partial charge on any atom is -0.384 e. The Morgan fingerprint density at radius 2 is 2.06 bits per heavy atom. The van der Waals surface area contributed by atoms with Gasteiger partial charge in [0.05, 0.1) is 22.2 Å². The number of unbranched alkanes of at least 4 members (excludes halogenated alkanes) is 1. The van der Waals surface area contributed by atoms with Gasteiger partial charge in [-0.1, -0.05) is 12.8 Å². The lowest BCUT2D eigenvalue weighted by Crippen LogP contribution is -2.52. The first kappa shape index (κ1) is 24.1. The third-order valence-corrected chi connectivity index (χ3v) is 8.10. The lowest BCUT2D eigenvalue weighted by atomic mass is 9.90. The molecule has 8 heteroatoms. The molecule has 2 aliphatic heterocycles. The first-order chi connectivity index (χ1) is 16.1.